The number of hydrogen-bond acceptors (Lipinski definition) is 6. The zero-order chi connectivity index (χ0) is 20.7. The molecule has 1 N–H and O–H groups in total. The highest BCUT2D eigenvalue weighted by Gasteiger charge is 2.34. The van der Waals surface area contributed by atoms with Gasteiger partial charge < -0.3 is 5.32 Å². The first kappa shape index (κ1) is 18.0. The van der Waals surface area contributed by atoms with Crippen LogP contribution in [0.25, 0.3) is 11.1 Å². The first-order valence-corrected chi connectivity index (χ1v) is 8.39. The average molecular weight is 389 g/mol. The summed E-state index contributed by atoms with van der Waals surface area (Å²) >= 11 is 0. The highest BCUT2D eigenvalue weighted by atomic mass is 16.6. The van der Waals surface area contributed by atoms with Gasteiger partial charge in [0, 0.05) is 46.6 Å². The van der Waals surface area contributed by atoms with Crippen molar-refractivity contribution in [3.63, 3.8) is 0 Å². The summed E-state index contributed by atoms with van der Waals surface area (Å²) in [5, 5.41) is 25.0. The molecule has 0 aromatic heterocycles. The molecule has 0 heterocycles. The summed E-state index contributed by atoms with van der Waals surface area (Å²) in [5.41, 5.74) is 0.260. The highest BCUT2D eigenvalue weighted by Crippen LogP contribution is 2.42. The Morgan fingerprint density at radius 3 is 2.10 bits per heavy atom. The quantitative estimate of drug-likeness (QED) is 0.415. The van der Waals surface area contributed by atoms with Gasteiger partial charge in [0.2, 0.25) is 0 Å². The molecule has 4 rings (SSSR count). The predicted molar refractivity (Wildman–Crippen MR) is 103 cm³/mol. The van der Waals surface area contributed by atoms with Crippen LogP contribution in [0.15, 0.2) is 60.7 Å². The molecule has 9 heteroatoms. The minimum Gasteiger partial charge on any atom is -0.322 e. The maximum absolute atomic E-state index is 12.9. The van der Waals surface area contributed by atoms with E-state index in [9.17, 15) is 29.8 Å². The van der Waals surface area contributed by atoms with E-state index in [2.05, 4.69) is 5.32 Å². The molecule has 1 amide bonds. The molecule has 29 heavy (non-hydrogen) atoms. The van der Waals surface area contributed by atoms with Crippen LogP contribution in [0.4, 0.5) is 17.1 Å². The first-order valence-electron chi connectivity index (χ1n) is 8.39. The molecule has 3 aromatic rings. The average Bonchev–Trinajstić information content (AvgIpc) is 3.00. The lowest BCUT2D eigenvalue weighted by molar-refractivity contribution is -0.385. The van der Waals surface area contributed by atoms with Crippen LogP contribution < -0.4 is 5.32 Å². The molecule has 0 saturated carbocycles. The van der Waals surface area contributed by atoms with Gasteiger partial charge in [-0.3, -0.25) is 29.8 Å². The largest absolute Gasteiger partial charge is 0.322 e. The van der Waals surface area contributed by atoms with Crippen molar-refractivity contribution in [3.05, 3.63) is 97.6 Å². The number of non-ortho nitro benzene ring substituents is 2. The van der Waals surface area contributed by atoms with E-state index in [-0.39, 0.29) is 27.9 Å². The Kier molecular flexibility index (Phi) is 4.12. The van der Waals surface area contributed by atoms with Crippen molar-refractivity contribution in [2.45, 2.75) is 0 Å². The van der Waals surface area contributed by atoms with Crippen molar-refractivity contribution in [1.29, 1.82) is 0 Å². The van der Waals surface area contributed by atoms with Gasteiger partial charge in [0.15, 0.2) is 5.78 Å². The fourth-order valence-corrected chi connectivity index (χ4v) is 3.30. The Balaban J connectivity index is 1.90. The predicted octanol–water partition coefficient (Wildman–Crippen LogP) is 3.97. The number of hydrogen-bond donors (Lipinski definition) is 1. The van der Waals surface area contributed by atoms with Crippen LogP contribution in [0.3, 0.4) is 0 Å². The van der Waals surface area contributed by atoms with Gasteiger partial charge in [0.25, 0.3) is 17.3 Å². The summed E-state index contributed by atoms with van der Waals surface area (Å²) in [6.07, 6.45) is 0. The molecule has 1 aliphatic carbocycles. The second-order valence-corrected chi connectivity index (χ2v) is 6.31. The second kappa shape index (κ2) is 6.64. The molecule has 0 spiro atoms. The lowest BCUT2D eigenvalue weighted by Gasteiger charge is -2.10. The van der Waals surface area contributed by atoms with Gasteiger partial charge in [0.05, 0.1) is 15.4 Å². The summed E-state index contributed by atoms with van der Waals surface area (Å²) in [5.74, 6) is -1.23. The van der Waals surface area contributed by atoms with Gasteiger partial charge in [0.1, 0.15) is 0 Å². The Hall–Kier alpha value is -4.40. The summed E-state index contributed by atoms with van der Waals surface area (Å²) in [7, 11) is 0. The molecule has 0 radical (unpaired) electrons. The maximum Gasteiger partial charge on any atom is 0.271 e. The van der Waals surface area contributed by atoms with Crippen LogP contribution in [-0.4, -0.2) is 21.5 Å². The number of benzene rings is 3. The van der Waals surface area contributed by atoms with Gasteiger partial charge in [-0.1, -0.05) is 18.2 Å². The number of fused-ring (bicyclic) bond motifs is 3. The van der Waals surface area contributed by atoms with Crippen molar-refractivity contribution in [2.24, 2.45) is 0 Å². The third-order valence-electron chi connectivity index (χ3n) is 4.58. The normalized spacial score (nSPS) is 11.5. The fourth-order valence-electron chi connectivity index (χ4n) is 3.30. The lowest BCUT2D eigenvalue weighted by atomic mass is 9.97. The molecular weight excluding hydrogens is 378 g/mol. The van der Waals surface area contributed by atoms with Crippen LogP contribution >= 0.6 is 0 Å². The molecule has 0 fully saturated rings. The molecule has 1 aliphatic rings. The Morgan fingerprint density at radius 1 is 0.793 bits per heavy atom. The zero-order valence-corrected chi connectivity index (χ0v) is 14.6. The lowest BCUT2D eigenvalue weighted by Crippen LogP contribution is -2.14. The van der Waals surface area contributed by atoms with E-state index in [4.69, 9.17) is 0 Å². The Labute approximate surface area is 162 Å². The minimum absolute atomic E-state index is 0.0310. The number of nitrogens with zero attached hydrogens (tertiary/aromatic N) is 2. The number of carbonyl (C=O) groups is 2. The molecular formula is C20H11N3O6. The summed E-state index contributed by atoms with van der Waals surface area (Å²) in [4.78, 5) is 46.7. The number of amides is 1. The van der Waals surface area contributed by atoms with Crippen molar-refractivity contribution in [2.75, 3.05) is 5.32 Å². The molecule has 0 unspecified atom stereocenters. The number of nitrogens with one attached hydrogen (secondary N) is 1. The molecule has 9 nitrogen and oxygen atoms in total. The SMILES string of the molecule is O=C(Nc1ccccc1)c1cc([N+](=O)[O-])cc2c1-c1ccc([N+](=O)[O-])cc1C2=O. The van der Waals surface area contributed by atoms with Crippen molar-refractivity contribution < 1.29 is 19.4 Å². The van der Waals surface area contributed by atoms with E-state index < -0.39 is 27.2 Å². The summed E-state index contributed by atoms with van der Waals surface area (Å²) in [6, 6.07) is 14.4. The number of ketones is 1. The number of nitro benzene ring substituents is 2. The first-order chi connectivity index (χ1) is 13.9. The van der Waals surface area contributed by atoms with E-state index in [1.54, 1.807) is 30.3 Å². The minimum atomic E-state index is -0.696. The molecule has 3 aromatic carbocycles. The maximum atomic E-state index is 12.9. The van der Waals surface area contributed by atoms with Gasteiger partial charge in [-0.25, -0.2) is 0 Å². The smallest absolute Gasteiger partial charge is 0.271 e. The van der Waals surface area contributed by atoms with Crippen molar-refractivity contribution >= 4 is 28.8 Å². The van der Waals surface area contributed by atoms with Gasteiger partial charge in [-0.15, -0.1) is 0 Å². The van der Waals surface area contributed by atoms with Gasteiger partial charge >= 0.3 is 0 Å². The number of nitro groups is 2. The molecule has 0 bridgehead atoms. The monoisotopic (exact) mass is 389 g/mol. The third kappa shape index (κ3) is 3.00. The zero-order valence-electron chi connectivity index (χ0n) is 14.6. The highest BCUT2D eigenvalue weighted by molar-refractivity contribution is 6.26. The van der Waals surface area contributed by atoms with E-state index in [0.717, 1.165) is 18.2 Å². The second-order valence-electron chi connectivity index (χ2n) is 6.31. The molecule has 142 valence electrons. The van der Waals surface area contributed by atoms with E-state index in [0.29, 0.717) is 11.3 Å². The molecule has 0 aliphatic heterocycles. The topological polar surface area (TPSA) is 132 Å². The van der Waals surface area contributed by atoms with E-state index in [1.165, 1.54) is 12.1 Å². The van der Waals surface area contributed by atoms with Gasteiger partial charge in [-0.05, 0) is 23.8 Å². The number of para-hydroxylation sites is 1. The van der Waals surface area contributed by atoms with Crippen LogP contribution in [0.2, 0.25) is 0 Å². The van der Waals surface area contributed by atoms with E-state index in [1.807, 2.05) is 0 Å². The fraction of sp³-hybridized carbons (Fsp3) is 0. The van der Waals surface area contributed by atoms with Gasteiger partial charge in [-0.2, -0.15) is 0 Å². The summed E-state index contributed by atoms with van der Waals surface area (Å²) < 4.78 is 0. The molecule has 0 saturated heterocycles. The number of carbonyl (C=O) groups excluding carboxylic acids is 2. The van der Waals surface area contributed by atoms with Crippen LogP contribution in [0.1, 0.15) is 26.3 Å². The number of anilines is 1. The van der Waals surface area contributed by atoms with Crippen LogP contribution in [-0.2, 0) is 0 Å². The van der Waals surface area contributed by atoms with Crippen LogP contribution in [0.5, 0.6) is 0 Å². The molecule has 0 atom stereocenters. The Morgan fingerprint density at radius 2 is 1.45 bits per heavy atom. The van der Waals surface area contributed by atoms with Crippen molar-refractivity contribution in [1.82, 2.24) is 0 Å². The standard InChI is InChI=1S/C20H11N3O6/c24-19-15-8-12(22(26)27)6-7-14(15)18-16(19)9-13(23(28)29)10-17(18)20(25)21-11-4-2-1-3-5-11/h1-10H,(H,21,25). The third-order valence-corrected chi connectivity index (χ3v) is 4.58. The number of rotatable bonds is 4. The van der Waals surface area contributed by atoms with Crippen molar-refractivity contribution in [3.8, 4) is 11.1 Å². The Bertz CT molecular complexity index is 1220. The van der Waals surface area contributed by atoms with Crippen LogP contribution in [0, 0.1) is 20.2 Å². The van der Waals surface area contributed by atoms with E-state index >= 15 is 0 Å². The summed E-state index contributed by atoms with van der Waals surface area (Å²) in [6.45, 7) is 0.